The van der Waals surface area contributed by atoms with Crippen molar-refractivity contribution in [3.8, 4) is 0 Å². The summed E-state index contributed by atoms with van der Waals surface area (Å²) in [6.45, 7) is 6.96. The Hall–Kier alpha value is -2.57. The van der Waals surface area contributed by atoms with Gasteiger partial charge in [0.15, 0.2) is 0 Å². The Balaban J connectivity index is 1.63. The molecule has 7 heteroatoms. The van der Waals surface area contributed by atoms with Gasteiger partial charge in [-0.3, -0.25) is 9.59 Å². The molecule has 2 N–H and O–H groups in total. The van der Waals surface area contributed by atoms with E-state index in [2.05, 4.69) is 15.5 Å². The highest BCUT2D eigenvalue weighted by Crippen LogP contribution is 2.19. The Bertz CT molecular complexity index is 831. The first-order valence-electron chi connectivity index (χ1n) is 9.74. The van der Waals surface area contributed by atoms with Gasteiger partial charge in [-0.25, -0.2) is 0 Å². The van der Waals surface area contributed by atoms with Gasteiger partial charge >= 0.3 is 0 Å². The highest BCUT2D eigenvalue weighted by Gasteiger charge is 2.25. The molecule has 1 aliphatic rings. The highest BCUT2D eigenvalue weighted by molar-refractivity contribution is 6.30. The molecule has 0 aliphatic carbocycles. The molecule has 1 atom stereocenters. The topological polar surface area (TPSA) is 70.7 Å². The van der Waals surface area contributed by atoms with E-state index in [0.29, 0.717) is 16.3 Å². The summed E-state index contributed by atoms with van der Waals surface area (Å²) in [4.78, 5) is 27.5. The first kappa shape index (κ1) is 21.1. The van der Waals surface area contributed by atoms with Crippen LogP contribution in [-0.2, 0) is 9.53 Å². The summed E-state index contributed by atoms with van der Waals surface area (Å²) >= 11 is 5.87. The number of rotatable bonds is 6. The van der Waals surface area contributed by atoms with Gasteiger partial charge < -0.3 is 20.3 Å². The van der Waals surface area contributed by atoms with Gasteiger partial charge in [-0.15, -0.1) is 0 Å². The molecule has 0 bridgehead atoms. The minimum Gasteiger partial charge on any atom is -0.378 e. The zero-order valence-corrected chi connectivity index (χ0v) is 17.4. The van der Waals surface area contributed by atoms with Crippen LogP contribution in [-0.4, -0.2) is 44.2 Å². The number of amides is 2. The normalized spacial score (nSPS) is 15.1. The fraction of sp³-hybridized carbons (Fsp3) is 0.364. The third-order valence-corrected chi connectivity index (χ3v) is 5.11. The summed E-state index contributed by atoms with van der Waals surface area (Å²) in [6.07, 6.45) is 0. The quantitative estimate of drug-likeness (QED) is 0.756. The maximum absolute atomic E-state index is 12.8. The predicted molar refractivity (Wildman–Crippen MR) is 116 cm³/mol. The third kappa shape index (κ3) is 5.71. The van der Waals surface area contributed by atoms with Crippen molar-refractivity contribution in [3.63, 3.8) is 0 Å². The van der Waals surface area contributed by atoms with Crippen LogP contribution in [0.5, 0.6) is 0 Å². The Kier molecular flexibility index (Phi) is 7.12. The molecule has 154 valence electrons. The summed E-state index contributed by atoms with van der Waals surface area (Å²) in [5, 5.41) is 6.28. The molecule has 1 heterocycles. The highest BCUT2D eigenvalue weighted by atomic mass is 35.5. The molecule has 0 radical (unpaired) electrons. The van der Waals surface area contributed by atoms with Crippen LogP contribution in [0.3, 0.4) is 0 Å². The van der Waals surface area contributed by atoms with Gasteiger partial charge in [0.25, 0.3) is 5.91 Å². The lowest BCUT2D eigenvalue weighted by molar-refractivity contribution is -0.118. The largest absolute Gasteiger partial charge is 0.378 e. The Morgan fingerprint density at radius 2 is 1.62 bits per heavy atom. The van der Waals surface area contributed by atoms with Gasteiger partial charge in [0.05, 0.1) is 13.2 Å². The number of carbonyl (C=O) groups excluding carboxylic acids is 2. The molecule has 0 saturated carbocycles. The van der Waals surface area contributed by atoms with E-state index in [-0.39, 0.29) is 17.7 Å². The molecule has 2 amide bonds. The van der Waals surface area contributed by atoms with E-state index < -0.39 is 6.04 Å². The van der Waals surface area contributed by atoms with Gasteiger partial charge in [0, 0.05) is 35.1 Å². The van der Waals surface area contributed by atoms with Crippen molar-refractivity contribution in [1.82, 2.24) is 5.32 Å². The van der Waals surface area contributed by atoms with Crippen molar-refractivity contribution in [3.05, 3.63) is 59.1 Å². The summed E-state index contributed by atoms with van der Waals surface area (Å²) in [7, 11) is 0. The molecular formula is C22H26ClN3O3. The molecule has 1 fully saturated rings. The molecule has 6 nitrogen and oxygen atoms in total. The second-order valence-corrected chi connectivity index (χ2v) is 7.77. The van der Waals surface area contributed by atoms with Gasteiger partial charge in [-0.1, -0.05) is 25.4 Å². The first-order chi connectivity index (χ1) is 13.9. The Morgan fingerprint density at radius 3 is 2.21 bits per heavy atom. The summed E-state index contributed by atoms with van der Waals surface area (Å²) in [5.74, 6) is -0.626. The van der Waals surface area contributed by atoms with Crippen LogP contribution in [0.1, 0.15) is 24.2 Å². The van der Waals surface area contributed by atoms with Gasteiger partial charge in [0.2, 0.25) is 5.91 Å². The molecule has 0 spiro atoms. The average molecular weight is 416 g/mol. The Labute approximate surface area is 176 Å². The fourth-order valence-electron chi connectivity index (χ4n) is 3.16. The summed E-state index contributed by atoms with van der Waals surface area (Å²) < 4.78 is 5.38. The number of hydrogen-bond donors (Lipinski definition) is 2. The van der Waals surface area contributed by atoms with Crippen molar-refractivity contribution >= 4 is 34.8 Å². The van der Waals surface area contributed by atoms with E-state index in [1.54, 1.807) is 24.3 Å². The number of nitrogens with zero attached hydrogens (tertiary/aromatic N) is 1. The van der Waals surface area contributed by atoms with Crippen molar-refractivity contribution in [2.75, 3.05) is 36.5 Å². The number of halogens is 1. The standard InChI is InChI=1S/C22H26ClN3O3/c1-15(2)20(25-21(27)16-3-5-17(23)6-4-16)22(28)24-18-7-9-19(10-8-18)26-11-13-29-14-12-26/h3-10,15,20H,11-14H2,1-2H3,(H,24,28)(H,25,27)/t20-/m1/s1. The maximum atomic E-state index is 12.8. The van der Waals surface area contributed by atoms with Gasteiger partial charge in [-0.05, 0) is 54.4 Å². The molecule has 0 aromatic heterocycles. The molecule has 29 heavy (non-hydrogen) atoms. The van der Waals surface area contributed by atoms with E-state index >= 15 is 0 Å². The minimum atomic E-state index is -0.655. The number of ether oxygens (including phenoxy) is 1. The van der Waals surface area contributed by atoms with Crippen molar-refractivity contribution in [2.24, 2.45) is 5.92 Å². The number of benzene rings is 2. The summed E-state index contributed by atoms with van der Waals surface area (Å²) in [6, 6.07) is 13.6. The smallest absolute Gasteiger partial charge is 0.251 e. The van der Waals surface area contributed by atoms with Crippen molar-refractivity contribution < 1.29 is 14.3 Å². The first-order valence-corrected chi connectivity index (χ1v) is 10.1. The second kappa shape index (κ2) is 9.76. The summed E-state index contributed by atoms with van der Waals surface area (Å²) in [5.41, 5.74) is 2.25. The monoisotopic (exact) mass is 415 g/mol. The molecular weight excluding hydrogens is 390 g/mol. The lowest BCUT2D eigenvalue weighted by Gasteiger charge is -2.29. The van der Waals surface area contributed by atoms with E-state index in [0.717, 1.165) is 32.0 Å². The second-order valence-electron chi connectivity index (χ2n) is 7.34. The molecule has 1 aliphatic heterocycles. The fourth-order valence-corrected chi connectivity index (χ4v) is 3.28. The molecule has 2 aromatic carbocycles. The Morgan fingerprint density at radius 1 is 1.00 bits per heavy atom. The van der Waals surface area contributed by atoms with Crippen LogP contribution in [0.2, 0.25) is 5.02 Å². The van der Waals surface area contributed by atoms with Crippen LogP contribution < -0.4 is 15.5 Å². The van der Waals surface area contributed by atoms with Crippen molar-refractivity contribution in [2.45, 2.75) is 19.9 Å². The van der Waals surface area contributed by atoms with E-state index in [4.69, 9.17) is 16.3 Å². The number of carbonyl (C=O) groups is 2. The molecule has 1 saturated heterocycles. The van der Waals surface area contributed by atoms with Crippen LogP contribution >= 0.6 is 11.6 Å². The lowest BCUT2D eigenvalue weighted by atomic mass is 10.0. The zero-order valence-electron chi connectivity index (χ0n) is 16.7. The maximum Gasteiger partial charge on any atom is 0.251 e. The zero-order chi connectivity index (χ0) is 20.8. The van der Waals surface area contributed by atoms with Gasteiger partial charge in [-0.2, -0.15) is 0 Å². The average Bonchev–Trinajstić information content (AvgIpc) is 2.73. The number of morpholine rings is 1. The van der Waals surface area contributed by atoms with E-state index in [9.17, 15) is 9.59 Å². The van der Waals surface area contributed by atoms with Crippen molar-refractivity contribution in [1.29, 1.82) is 0 Å². The van der Waals surface area contributed by atoms with Crippen LogP contribution in [0, 0.1) is 5.92 Å². The SMILES string of the molecule is CC(C)[C@@H](NC(=O)c1ccc(Cl)cc1)C(=O)Nc1ccc(N2CCOCC2)cc1. The lowest BCUT2D eigenvalue weighted by Crippen LogP contribution is -2.47. The van der Waals surface area contributed by atoms with Gasteiger partial charge in [0.1, 0.15) is 6.04 Å². The number of anilines is 2. The van der Waals surface area contributed by atoms with E-state index in [1.165, 1.54) is 0 Å². The number of hydrogen-bond acceptors (Lipinski definition) is 4. The minimum absolute atomic E-state index is 0.0705. The molecule has 2 aromatic rings. The molecule has 0 unspecified atom stereocenters. The number of nitrogens with one attached hydrogen (secondary N) is 2. The van der Waals surface area contributed by atoms with Crippen LogP contribution in [0.4, 0.5) is 11.4 Å². The predicted octanol–water partition coefficient (Wildman–Crippen LogP) is 3.57. The van der Waals surface area contributed by atoms with Crippen LogP contribution in [0.25, 0.3) is 0 Å². The third-order valence-electron chi connectivity index (χ3n) is 4.85. The van der Waals surface area contributed by atoms with Crippen LogP contribution in [0.15, 0.2) is 48.5 Å². The van der Waals surface area contributed by atoms with E-state index in [1.807, 2.05) is 38.1 Å². The molecule has 3 rings (SSSR count).